The van der Waals surface area contributed by atoms with Gasteiger partial charge >= 0.3 is 0 Å². The molecule has 1 aromatic carbocycles. The van der Waals surface area contributed by atoms with E-state index in [0.29, 0.717) is 35.3 Å². The number of pyridine rings is 1. The Kier molecular flexibility index (Phi) is 6.24. The monoisotopic (exact) mass is 386 g/mol. The number of fused-ring (bicyclic) bond motifs is 1. The smallest absolute Gasteiger partial charge is 0.218 e. The van der Waals surface area contributed by atoms with Gasteiger partial charge in [0, 0.05) is 23.6 Å². The maximum absolute atomic E-state index is 12.7. The molecule has 0 radical (unpaired) electrons. The van der Waals surface area contributed by atoms with Gasteiger partial charge in [0.15, 0.2) is 0 Å². The number of rotatable bonds is 7. The Bertz CT molecular complexity index is 862. The van der Waals surface area contributed by atoms with Crippen molar-refractivity contribution in [2.45, 2.75) is 45.3 Å². The zero-order valence-corrected chi connectivity index (χ0v) is 16.3. The molecule has 1 aromatic heterocycles. The number of Topliss-reactive ketones (excluding diaryl/α,β-unsaturated/α-hetero) is 1. The van der Waals surface area contributed by atoms with Crippen molar-refractivity contribution >= 4 is 23.3 Å². The van der Waals surface area contributed by atoms with Crippen LogP contribution in [0.25, 0.3) is 0 Å². The predicted octanol–water partition coefficient (Wildman–Crippen LogP) is 3.83. The molecular weight excluding hydrogens is 364 g/mol. The highest BCUT2D eigenvalue weighted by Crippen LogP contribution is 2.27. The minimum atomic E-state index is -0.213. The minimum Gasteiger partial charge on any atom is -0.481 e. The predicted molar refractivity (Wildman–Crippen MR) is 105 cm³/mol. The van der Waals surface area contributed by atoms with Crippen molar-refractivity contribution in [1.82, 2.24) is 4.98 Å². The number of aliphatic hydroxyl groups is 1. The van der Waals surface area contributed by atoms with Gasteiger partial charge < -0.3 is 9.84 Å². The fourth-order valence-electron chi connectivity index (χ4n) is 3.50. The second-order valence-electron chi connectivity index (χ2n) is 6.65. The van der Waals surface area contributed by atoms with Crippen LogP contribution in [0.5, 0.6) is 0 Å². The molecule has 3 rings (SSSR count). The Morgan fingerprint density at radius 2 is 2.07 bits per heavy atom. The van der Waals surface area contributed by atoms with E-state index in [1.807, 2.05) is 30.3 Å². The Hall–Kier alpha value is -2.24. The average Bonchev–Trinajstić information content (AvgIpc) is 3.09. The second kappa shape index (κ2) is 8.63. The first kappa shape index (κ1) is 19.5. The van der Waals surface area contributed by atoms with E-state index in [2.05, 4.69) is 16.9 Å². The number of aliphatic hydroxyl groups excluding tert-OH is 1. The molecule has 0 amide bonds. The van der Waals surface area contributed by atoms with Crippen molar-refractivity contribution in [2.75, 3.05) is 7.11 Å². The third-order valence-electron chi connectivity index (χ3n) is 4.87. The third kappa shape index (κ3) is 4.37. The van der Waals surface area contributed by atoms with Crippen LogP contribution in [-0.2, 0) is 29.1 Å². The lowest BCUT2D eigenvalue weighted by atomic mass is 9.90. The van der Waals surface area contributed by atoms with Crippen molar-refractivity contribution < 1.29 is 14.6 Å². The summed E-state index contributed by atoms with van der Waals surface area (Å²) < 4.78 is 5.25. The van der Waals surface area contributed by atoms with Gasteiger partial charge in [0.05, 0.1) is 31.5 Å². The van der Waals surface area contributed by atoms with Gasteiger partial charge in [0.25, 0.3) is 0 Å². The molecule has 2 aromatic rings. The van der Waals surface area contributed by atoms with Gasteiger partial charge in [-0.15, -0.1) is 0 Å². The number of hydrogen-bond donors (Lipinski definition) is 1. The number of aliphatic imine (C=N–C) groups is 1. The molecule has 1 N–H and O–H groups in total. The normalized spacial score (nSPS) is 13.9. The number of carbonyl (C=O) groups is 1. The minimum absolute atomic E-state index is 0.124. The fraction of sp³-hybridized carbons (Fsp3) is 0.381. The summed E-state index contributed by atoms with van der Waals surface area (Å²) in [5.41, 5.74) is 3.99. The highest BCUT2D eigenvalue weighted by molar-refractivity contribution is 6.30. The average molecular weight is 387 g/mol. The van der Waals surface area contributed by atoms with E-state index in [1.165, 1.54) is 0 Å². The van der Waals surface area contributed by atoms with Crippen LogP contribution in [0.2, 0.25) is 5.02 Å². The van der Waals surface area contributed by atoms with Crippen LogP contribution < -0.4 is 0 Å². The van der Waals surface area contributed by atoms with Gasteiger partial charge in [0.2, 0.25) is 5.90 Å². The zero-order valence-electron chi connectivity index (χ0n) is 15.5. The summed E-state index contributed by atoms with van der Waals surface area (Å²) in [5, 5.41) is 10.4. The zero-order chi connectivity index (χ0) is 19.4. The quantitative estimate of drug-likeness (QED) is 0.784. The van der Waals surface area contributed by atoms with Gasteiger partial charge in [-0.1, -0.05) is 30.7 Å². The number of nitrogens with zero attached hydrogens (tertiary/aromatic N) is 2. The highest BCUT2D eigenvalue weighted by atomic mass is 35.5. The first-order valence-corrected chi connectivity index (χ1v) is 9.42. The number of benzene rings is 1. The van der Waals surface area contributed by atoms with E-state index < -0.39 is 0 Å². The molecule has 0 unspecified atom stereocenters. The molecule has 0 spiro atoms. The van der Waals surface area contributed by atoms with E-state index in [-0.39, 0.29) is 24.7 Å². The molecule has 0 saturated carbocycles. The largest absolute Gasteiger partial charge is 0.481 e. The fourth-order valence-corrected chi connectivity index (χ4v) is 3.62. The topological polar surface area (TPSA) is 71.8 Å². The lowest BCUT2D eigenvalue weighted by Crippen LogP contribution is -2.13. The molecule has 0 aliphatic carbocycles. The number of ether oxygens (including phenoxy) is 1. The Morgan fingerprint density at radius 3 is 2.70 bits per heavy atom. The van der Waals surface area contributed by atoms with Crippen LogP contribution in [0.15, 0.2) is 35.3 Å². The van der Waals surface area contributed by atoms with Crippen molar-refractivity contribution in [2.24, 2.45) is 4.99 Å². The summed E-state index contributed by atoms with van der Waals surface area (Å²) in [6, 6.07) is 9.56. The molecule has 1 aliphatic rings. The van der Waals surface area contributed by atoms with Gasteiger partial charge in [-0.2, -0.15) is 0 Å². The molecule has 142 valence electrons. The number of hydrogen-bond acceptors (Lipinski definition) is 5. The molecule has 1 aliphatic heterocycles. The van der Waals surface area contributed by atoms with Crippen LogP contribution in [0, 0.1) is 0 Å². The van der Waals surface area contributed by atoms with E-state index in [4.69, 9.17) is 16.3 Å². The maximum Gasteiger partial charge on any atom is 0.218 e. The standard InChI is InChI=1S/C21H23ClN2O3/c1-3-13(14-4-6-16(22)7-5-14)9-18(26)10-17-8-15-11-23-21(27-2)20(15)19(12-25)24-17/h4-8,13,25H,3,9-12H2,1-2H3/t13-/m0/s1. The molecular formula is C21H23ClN2O3. The molecule has 0 bridgehead atoms. The Labute approximate surface area is 164 Å². The van der Waals surface area contributed by atoms with E-state index >= 15 is 0 Å². The summed E-state index contributed by atoms with van der Waals surface area (Å²) >= 11 is 5.95. The molecule has 6 heteroatoms. The molecule has 0 fully saturated rings. The van der Waals surface area contributed by atoms with Crippen LogP contribution in [-0.4, -0.2) is 28.9 Å². The number of ketones is 1. The van der Waals surface area contributed by atoms with Crippen molar-refractivity contribution in [3.63, 3.8) is 0 Å². The summed E-state index contributed by atoms with van der Waals surface area (Å²) in [6.07, 6.45) is 1.57. The van der Waals surface area contributed by atoms with Crippen molar-refractivity contribution in [3.8, 4) is 0 Å². The van der Waals surface area contributed by atoms with E-state index in [0.717, 1.165) is 23.1 Å². The number of aromatic nitrogens is 1. The van der Waals surface area contributed by atoms with E-state index in [9.17, 15) is 9.90 Å². The molecule has 0 saturated heterocycles. The molecule has 2 heterocycles. The summed E-state index contributed by atoms with van der Waals surface area (Å²) in [7, 11) is 1.55. The first-order chi connectivity index (χ1) is 13.0. The molecule has 1 atom stereocenters. The Morgan fingerprint density at radius 1 is 1.33 bits per heavy atom. The Balaban J connectivity index is 1.73. The van der Waals surface area contributed by atoms with Crippen LogP contribution in [0.3, 0.4) is 0 Å². The van der Waals surface area contributed by atoms with Crippen LogP contribution in [0.4, 0.5) is 0 Å². The molecule has 5 nitrogen and oxygen atoms in total. The van der Waals surface area contributed by atoms with Gasteiger partial charge in [-0.25, -0.2) is 4.99 Å². The first-order valence-electron chi connectivity index (χ1n) is 9.04. The maximum atomic E-state index is 12.7. The summed E-state index contributed by atoms with van der Waals surface area (Å²) in [4.78, 5) is 21.4. The van der Waals surface area contributed by atoms with Crippen molar-refractivity contribution in [1.29, 1.82) is 0 Å². The third-order valence-corrected chi connectivity index (χ3v) is 5.12. The SMILES string of the molecule is CC[C@@H](CC(=O)Cc1cc2c(c(CO)n1)C(OC)=NC2)c1ccc(Cl)cc1. The van der Waals surface area contributed by atoms with Crippen LogP contribution in [0.1, 0.15) is 53.8 Å². The number of carbonyl (C=O) groups excluding carboxylic acids is 1. The van der Waals surface area contributed by atoms with E-state index in [1.54, 1.807) is 7.11 Å². The lowest BCUT2D eigenvalue weighted by Gasteiger charge is -2.15. The number of methoxy groups -OCH3 is 1. The summed E-state index contributed by atoms with van der Waals surface area (Å²) in [6.45, 7) is 2.35. The summed E-state index contributed by atoms with van der Waals surface area (Å²) in [5.74, 6) is 0.775. The second-order valence-corrected chi connectivity index (χ2v) is 7.09. The van der Waals surface area contributed by atoms with Crippen LogP contribution >= 0.6 is 11.6 Å². The molecule has 27 heavy (non-hydrogen) atoms. The van der Waals surface area contributed by atoms with Gasteiger partial charge in [-0.3, -0.25) is 9.78 Å². The van der Waals surface area contributed by atoms with Gasteiger partial charge in [0.1, 0.15) is 5.78 Å². The van der Waals surface area contributed by atoms with Gasteiger partial charge in [-0.05, 0) is 41.7 Å². The lowest BCUT2D eigenvalue weighted by molar-refractivity contribution is -0.118. The highest BCUT2D eigenvalue weighted by Gasteiger charge is 2.23. The number of halogens is 1. The van der Waals surface area contributed by atoms with Crippen molar-refractivity contribution in [3.05, 3.63) is 63.4 Å².